The van der Waals surface area contributed by atoms with Crippen molar-refractivity contribution in [1.82, 2.24) is 9.55 Å². The lowest BCUT2D eigenvalue weighted by Crippen LogP contribution is -2.21. The first-order chi connectivity index (χ1) is 9.00. The van der Waals surface area contributed by atoms with Gasteiger partial charge in [0.05, 0.1) is 17.8 Å². The first-order valence-electron chi connectivity index (χ1n) is 5.22. The number of benzene rings is 1. The molecule has 0 atom stereocenters. The minimum Gasteiger partial charge on any atom is -0.393 e. The van der Waals surface area contributed by atoms with Gasteiger partial charge in [0.1, 0.15) is 10.2 Å². The van der Waals surface area contributed by atoms with Crippen molar-refractivity contribution < 1.29 is 4.92 Å². The molecule has 0 aliphatic rings. The predicted molar refractivity (Wildman–Crippen MR) is 72.8 cm³/mol. The molecule has 8 heteroatoms. The van der Waals surface area contributed by atoms with Gasteiger partial charge in [-0.2, -0.15) is 0 Å². The summed E-state index contributed by atoms with van der Waals surface area (Å²) in [5, 5.41) is 10.8. The number of hydrogen-bond acceptors (Lipinski definition) is 5. The van der Waals surface area contributed by atoms with Crippen LogP contribution in [0.1, 0.15) is 5.56 Å². The highest BCUT2D eigenvalue weighted by molar-refractivity contribution is 9.10. The van der Waals surface area contributed by atoms with Crippen molar-refractivity contribution in [2.24, 2.45) is 0 Å². The third-order valence-corrected chi connectivity index (χ3v) is 3.11. The maximum Gasteiger partial charge on any atom is 0.292 e. The number of nitrogens with zero attached hydrogens (tertiary/aromatic N) is 3. The van der Waals surface area contributed by atoms with Crippen LogP contribution in [0.2, 0.25) is 0 Å². The van der Waals surface area contributed by atoms with Crippen molar-refractivity contribution in [3.05, 3.63) is 61.2 Å². The molecule has 19 heavy (non-hydrogen) atoms. The minimum atomic E-state index is -0.555. The average molecular weight is 325 g/mol. The molecular formula is C11H9BrN4O3. The van der Waals surface area contributed by atoms with Gasteiger partial charge in [0, 0.05) is 17.8 Å². The second kappa shape index (κ2) is 5.19. The van der Waals surface area contributed by atoms with Crippen LogP contribution >= 0.6 is 15.9 Å². The topological polar surface area (TPSA) is 104 Å². The summed E-state index contributed by atoms with van der Waals surface area (Å²) in [5.41, 5.74) is 5.83. The zero-order chi connectivity index (χ0) is 14.0. The van der Waals surface area contributed by atoms with Gasteiger partial charge in [-0.1, -0.05) is 12.1 Å². The number of hydrogen-bond donors (Lipinski definition) is 1. The Balaban J connectivity index is 2.45. The van der Waals surface area contributed by atoms with E-state index in [9.17, 15) is 14.9 Å². The molecule has 1 aromatic heterocycles. The van der Waals surface area contributed by atoms with Crippen LogP contribution in [-0.2, 0) is 6.54 Å². The van der Waals surface area contributed by atoms with Gasteiger partial charge in [-0.05, 0) is 15.9 Å². The van der Waals surface area contributed by atoms with Crippen LogP contribution in [0.3, 0.4) is 0 Å². The van der Waals surface area contributed by atoms with Crippen molar-refractivity contribution in [1.29, 1.82) is 0 Å². The molecule has 0 unspecified atom stereocenters. The molecular weight excluding hydrogens is 316 g/mol. The molecule has 1 aromatic carbocycles. The Bertz CT molecular complexity index is 699. The lowest BCUT2D eigenvalue weighted by molar-refractivity contribution is -0.383. The zero-order valence-electron chi connectivity index (χ0n) is 9.62. The highest BCUT2D eigenvalue weighted by Crippen LogP contribution is 2.25. The highest BCUT2D eigenvalue weighted by atomic mass is 79.9. The Labute approximate surface area is 116 Å². The van der Waals surface area contributed by atoms with Gasteiger partial charge in [-0.3, -0.25) is 19.5 Å². The highest BCUT2D eigenvalue weighted by Gasteiger charge is 2.14. The average Bonchev–Trinajstić information content (AvgIpc) is 2.37. The molecule has 2 rings (SSSR count). The van der Waals surface area contributed by atoms with E-state index in [0.29, 0.717) is 10.0 Å². The fraction of sp³-hybridized carbons (Fsp3) is 0.0909. The zero-order valence-corrected chi connectivity index (χ0v) is 11.2. The quantitative estimate of drug-likeness (QED) is 0.524. The van der Waals surface area contributed by atoms with Crippen LogP contribution < -0.4 is 11.3 Å². The summed E-state index contributed by atoms with van der Waals surface area (Å²) >= 11 is 3.08. The number of aromatic nitrogens is 2. The summed E-state index contributed by atoms with van der Waals surface area (Å²) < 4.78 is 1.64. The van der Waals surface area contributed by atoms with Crippen molar-refractivity contribution in [2.75, 3.05) is 5.73 Å². The monoisotopic (exact) mass is 324 g/mol. The number of para-hydroxylation sites is 1. The van der Waals surface area contributed by atoms with Crippen LogP contribution in [0, 0.1) is 10.1 Å². The molecule has 0 aliphatic carbocycles. The van der Waals surface area contributed by atoms with E-state index in [4.69, 9.17) is 5.73 Å². The Morgan fingerprint density at radius 1 is 1.47 bits per heavy atom. The maximum atomic E-state index is 11.8. The fourth-order valence-corrected chi connectivity index (χ4v) is 1.96. The maximum absolute atomic E-state index is 11.8. The molecule has 2 N–H and O–H groups in total. The Hall–Kier alpha value is -2.22. The summed E-state index contributed by atoms with van der Waals surface area (Å²) in [6, 6.07) is 4.48. The minimum absolute atomic E-state index is 0.0550. The molecule has 0 saturated heterocycles. The molecule has 0 radical (unpaired) electrons. The molecule has 0 fully saturated rings. The van der Waals surface area contributed by atoms with E-state index < -0.39 is 4.92 Å². The first kappa shape index (κ1) is 13.2. The molecule has 1 heterocycles. The van der Waals surface area contributed by atoms with Crippen molar-refractivity contribution >= 4 is 27.3 Å². The van der Waals surface area contributed by atoms with E-state index >= 15 is 0 Å². The number of nitro groups is 1. The van der Waals surface area contributed by atoms with E-state index in [1.807, 2.05) is 0 Å². The van der Waals surface area contributed by atoms with Crippen LogP contribution in [0.25, 0.3) is 0 Å². The number of nitrogen functional groups attached to an aromatic ring is 1. The lowest BCUT2D eigenvalue weighted by Gasteiger charge is -2.08. The van der Waals surface area contributed by atoms with E-state index in [1.54, 1.807) is 6.07 Å². The number of rotatable bonds is 3. The molecule has 0 bridgehead atoms. The van der Waals surface area contributed by atoms with Gasteiger partial charge in [0.25, 0.3) is 11.2 Å². The standard InChI is InChI=1S/C11H9BrN4O3/c12-8-4-14-6-15(11(8)17)5-7-2-1-3-9(10(7)13)16(18)19/h1-4,6H,5,13H2. The van der Waals surface area contributed by atoms with E-state index in [-0.39, 0.29) is 23.5 Å². The number of halogens is 1. The van der Waals surface area contributed by atoms with Crippen LogP contribution in [-0.4, -0.2) is 14.5 Å². The lowest BCUT2D eigenvalue weighted by atomic mass is 10.1. The molecule has 0 aliphatic heterocycles. The SMILES string of the molecule is Nc1c(Cn2cncc(Br)c2=O)cccc1[N+](=O)[O-]. The second-order valence-electron chi connectivity index (χ2n) is 3.78. The van der Waals surface area contributed by atoms with Crippen LogP contribution in [0.15, 0.2) is 40.0 Å². The Kier molecular flexibility index (Phi) is 3.61. The van der Waals surface area contributed by atoms with Gasteiger partial charge in [-0.15, -0.1) is 0 Å². The van der Waals surface area contributed by atoms with Crippen molar-refractivity contribution in [3.8, 4) is 0 Å². The molecule has 2 aromatic rings. The van der Waals surface area contributed by atoms with E-state index in [2.05, 4.69) is 20.9 Å². The summed E-state index contributed by atoms with van der Waals surface area (Å²) in [4.78, 5) is 25.9. The molecule has 0 spiro atoms. The van der Waals surface area contributed by atoms with E-state index in [0.717, 1.165) is 0 Å². The Morgan fingerprint density at radius 2 is 2.21 bits per heavy atom. The normalized spacial score (nSPS) is 10.4. The largest absolute Gasteiger partial charge is 0.393 e. The third-order valence-electron chi connectivity index (χ3n) is 2.57. The van der Waals surface area contributed by atoms with Crippen LogP contribution in [0.4, 0.5) is 11.4 Å². The summed E-state index contributed by atoms with van der Waals surface area (Å²) in [6.07, 6.45) is 2.74. The second-order valence-corrected chi connectivity index (χ2v) is 4.64. The van der Waals surface area contributed by atoms with E-state index in [1.165, 1.54) is 29.2 Å². The number of anilines is 1. The molecule has 0 saturated carbocycles. The molecule has 0 amide bonds. The van der Waals surface area contributed by atoms with Gasteiger partial charge in [0.2, 0.25) is 0 Å². The van der Waals surface area contributed by atoms with Crippen molar-refractivity contribution in [2.45, 2.75) is 6.54 Å². The molecule has 7 nitrogen and oxygen atoms in total. The van der Waals surface area contributed by atoms with Crippen molar-refractivity contribution in [3.63, 3.8) is 0 Å². The fourth-order valence-electron chi connectivity index (χ4n) is 1.62. The number of nitrogens with two attached hydrogens (primary N) is 1. The van der Waals surface area contributed by atoms with Gasteiger partial charge in [0.15, 0.2) is 0 Å². The Morgan fingerprint density at radius 3 is 2.89 bits per heavy atom. The summed E-state index contributed by atoms with van der Waals surface area (Å²) in [7, 11) is 0. The smallest absolute Gasteiger partial charge is 0.292 e. The summed E-state index contributed by atoms with van der Waals surface area (Å²) in [6.45, 7) is 0.124. The van der Waals surface area contributed by atoms with Gasteiger partial charge >= 0.3 is 0 Å². The van der Waals surface area contributed by atoms with Gasteiger partial charge in [-0.25, -0.2) is 4.98 Å². The third kappa shape index (κ3) is 2.63. The van der Waals surface area contributed by atoms with Crippen LogP contribution in [0.5, 0.6) is 0 Å². The molecule has 98 valence electrons. The predicted octanol–water partition coefficient (Wildman–Crippen LogP) is 1.54. The number of nitro benzene ring substituents is 1. The van der Waals surface area contributed by atoms with Gasteiger partial charge < -0.3 is 5.73 Å². The summed E-state index contributed by atoms with van der Waals surface area (Å²) in [5.74, 6) is 0. The first-order valence-corrected chi connectivity index (χ1v) is 6.01.